The number of hydrogen-bond acceptors (Lipinski definition) is 4. The predicted molar refractivity (Wildman–Crippen MR) is 122 cm³/mol. The molecule has 2 amide bonds. The Kier molecular flexibility index (Phi) is 8.91. The van der Waals surface area contributed by atoms with E-state index in [4.69, 9.17) is 9.47 Å². The number of carbonyl (C=O) groups excluding carboxylic acids is 2. The minimum absolute atomic E-state index is 0.143. The zero-order chi connectivity index (χ0) is 23.0. The van der Waals surface area contributed by atoms with E-state index in [1.807, 2.05) is 70.2 Å². The van der Waals surface area contributed by atoms with Crippen molar-refractivity contribution < 1.29 is 19.1 Å². The van der Waals surface area contributed by atoms with E-state index in [1.54, 1.807) is 18.9 Å². The van der Waals surface area contributed by atoms with Gasteiger partial charge < -0.3 is 19.7 Å². The fourth-order valence-corrected chi connectivity index (χ4v) is 3.09. The minimum Gasteiger partial charge on any atom is -0.497 e. The van der Waals surface area contributed by atoms with Crippen molar-refractivity contribution in [2.45, 2.75) is 47.2 Å². The zero-order valence-corrected chi connectivity index (χ0v) is 19.4. The second kappa shape index (κ2) is 11.4. The normalized spacial score (nSPS) is 11.7. The molecule has 6 heteroatoms. The molecule has 1 N–H and O–H groups in total. The zero-order valence-electron chi connectivity index (χ0n) is 19.4. The van der Waals surface area contributed by atoms with Gasteiger partial charge in [-0.15, -0.1) is 0 Å². The van der Waals surface area contributed by atoms with E-state index in [0.717, 1.165) is 16.7 Å². The van der Waals surface area contributed by atoms with Crippen LogP contribution in [0.4, 0.5) is 0 Å². The molecule has 0 saturated carbocycles. The van der Waals surface area contributed by atoms with E-state index in [2.05, 4.69) is 5.32 Å². The molecule has 6 nitrogen and oxygen atoms in total. The fourth-order valence-electron chi connectivity index (χ4n) is 3.09. The van der Waals surface area contributed by atoms with Gasteiger partial charge >= 0.3 is 0 Å². The molecule has 2 aromatic rings. The lowest BCUT2D eigenvalue weighted by molar-refractivity contribution is -0.142. The number of hydrogen-bond donors (Lipinski definition) is 1. The van der Waals surface area contributed by atoms with Crippen molar-refractivity contribution in [3.8, 4) is 11.5 Å². The third-order valence-electron chi connectivity index (χ3n) is 5.03. The monoisotopic (exact) mass is 426 g/mol. The van der Waals surface area contributed by atoms with Gasteiger partial charge in [-0.3, -0.25) is 9.59 Å². The van der Waals surface area contributed by atoms with Gasteiger partial charge in [0, 0.05) is 13.1 Å². The number of amides is 2. The molecule has 2 rings (SSSR count). The number of nitrogens with zero attached hydrogens (tertiary/aromatic N) is 1. The molecule has 2 aromatic carbocycles. The summed E-state index contributed by atoms with van der Waals surface area (Å²) in [5, 5.41) is 2.92. The smallest absolute Gasteiger partial charge is 0.261 e. The van der Waals surface area contributed by atoms with Crippen LogP contribution in [0.5, 0.6) is 11.5 Å². The van der Waals surface area contributed by atoms with Crippen LogP contribution in [0, 0.1) is 19.8 Å². The highest BCUT2D eigenvalue weighted by Gasteiger charge is 2.26. The van der Waals surface area contributed by atoms with Gasteiger partial charge in [-0.05, 0) is 61.6 Å². The molecule has 31 heavy (non-hydrogen) atoms. The first kappa shape index (κ1) is 24.3. The molecule has 0 aliphatic heterocycles. The molecule has 0 heterocycles. The summed E-state index contributed by atoms with van der Waals surface area (Å²) in [4.78, 5) is 27.4. The van der Waals surface area contributed by atoms with Crippen LogP contribution >= 0.6 is 0 Å². The van der Waals surface area contributed by atoms with E-state index in [0.29, 0.717) is 24.0 Å². The topological polar surface area (TPSA) is 67.9 Å². The Morgan fingerprint density at radius 2 is 1.81 bits per heavy atom. The average Bonchev–Trinajstić information content (AvgIpc) is 2.75. The maximum atomic E-state index is 13.1. The Morgan fingerprint density at radius 3 is 2.48 bits per heavy atom. The highest BCUT2D eigenvalue weighted by molar-refractivity contribution is 5.88. The van der Waals surface area contributed by atoms with Crippen molar-refractivity contribution in [3.05, 3.63) is 59.2 Å². The summed E-state index contributed by atoms with van der Waals surface area (Å²) >= 11 is 0. The van der Waals surface area contributed by atoms with E-state index < -0.39 is 6.04 Å². The quantitative estimate of drug-likeness (QED) is 0.626. The van der Waals surface area contributed by atoms with Crippen molar-refractivity contribution in [1.82, 2.24) is 10.2 Å². The number of carbonyl (C=O) groups is 2. The van der Waals surface area contributed by atoms with Crippen LogP contribution in [0.1, 0.15) is 37.5 Å². The molecule has 0 aliphatic rings. The molecule has 0 fully saturated rings. The second-order valence-electron chi connectivity index (χ2n) is 8.25. The molecule has 0 aromatic heterocycles. The first-order valence-electron chi connectivity index (χ1n) is 10.6. The van der Waals surface area contributed by atoms with Crippen molar-refractivity contribution >= 4 is 11.8 Å². The Bertz CT molecular complexity index is 895. The van der Waals surface area contributed by atoms with Crippen LogP contribution in [0.25, 0.3) is 0 Å². The Hall–Kier alpha value is -3.02. The molecule has 0 unspecified atom stereocenters. The van der Waals surface area contributed by atoms with E-state index >= 15 is 0 Å². The van der Waals surface area contributed by atoms with Crippen molar-refractivity contribution in [1.29, 1.82) is 0 Å². The molecule has 0 saturated heterocycles. The van der Waals surface area contributed by atoms with Crippen LogP contribution < -0.4 is 14.8 Å². The SMILES string of the molecule is COc1cccc(CN(C(=O)COc2cc(C)ccc2C)[C@H](C)C(=O)NCC(C)C)c1. The molecular weight excluding hydrogens is 392 g/mol. The Labute approximate surface area is 185 Å². The van der Waals surface area contributed by atoms with Crippen LogP contribution in [-0.4, -0.2) is 43.0 Å². The minimum atomic E-state index is -0.639. The number of aryl methyl sites for hydroxylation is 2. The molecule has 1 atom stereocenters. The van der Waals surface area contributed by atoms with Crippen molar-refractivity contribution in [2.24, 2.45) is 5.92 Å². The van der Waals surface area contributed by atoms with Gasteiger partial charge in [-0.2, -0.15) is 0 Å². The molecule has 168 valence electrons. The molecule has 0 aliphatic carbocycles. The lowest BCUT2D eigenvalue weighted by Crippen LogP contribution is -2.49. The number of nitrogens with one attached hydrogen (secondary N) is 1. The highest BCUT2D eigenvalue weighted by Crippen LogP contribution is 2.20. The standard InChI is InChI=1S/C25H34N2O4/c1-17(2)14-26-25(29)20(5)27(15-21-8-7-9-22(13-21)30-6)24(28)16-31-23-12-18(3)10-11-19(23)4/h7-13,17,20H,14-16H2,1-6H3,(H,26,29)/t20-/m1/s1. The lowest BCUT2D eigenvalue weighted by Gasteiger charge is -2.29. The maximum absolute atomic E-state index is 13.1. The van der Waals surface area contributed by atoms with E-state index in [9.17, 15) is 9.59 Å². The number of rotatable bonds is 10. The Morgan fingerprint density at radius 1 is 1.06 bits per heavy atom. The van der Waals surface area contributed by atoms with E-state index in [-0.39, 0.29) is 25.0 Å². The largest absolute Gasteiger partial charge is 0.497 e. The summed E-state index contributed by atoms with van der Waals surface area (Å²) in [6.45, 7) is 10.4. The van der Waals surface area contributed by atoms with Gasteiger partial charge in [-0.25, -0.2) is 0 Å². The second-order valence-corrected chi connectivity index (χ2v) is 8.25. The number of benzene rings is 2. The van der Waals surface area contributed by atoms with Crippen LogP contribution in [0.3, 0.4) is 0 Å². The van der Waals surface area contributed by atoms with E-state index in [1.165, 1.54) is 0 Å². The lowest BCUT2D eigenvalue weighted by atomic mass is 10.1. The third-order valence-corrected chi connectivity index (χ3v) is 5.03. The summed E-state index contributed by atoms with van der Waals surface area (Å²) in [6, 6.07) is 12.7. The van der Waals surface area contributed by atoms with Gasteiger partial charge in [0.25, 0.3) is 5.91 Å². The molecule has 0 bridgehead atoms. The Balaban J connectivity index is 2.19. The van der Waals surface area contributed by atoms with Crippen LogP contribution in [0.15, 0.2) is 42.5 Å². The molecule has 0 radical (unpaired) electrons. The van der Waals surface area contributed by atoms with Crippen molar-refractivity contribution in [2.75, 3.05) is 20.3 Å². The average molecular weight is 427 g/mol. The summed E-state index contributed by atoms with van der Waals surface area (Å²) in [7, 11) is 1.60. The van der Waals surface area contributed by atoms with Crippen LogP contribution in [-0.2, 0) is 16.1 Å². The van der Waals surface area contributed by atoms with Gasteiger partial charge in [0.2, 0.25) is 5.91 Å². The molecule has 0 spiro atoms. The summed E-state index contributed by atoms with van der Waals surface area (Å²) in [6.07, 6.45) is 0. The maximum Gasteiger partial charge on any atom is 0.261 e. The van der Waals surface area contributed by atoms with Gasteiger partial charge in [0.15, 0.2) is 6.61 Å². The van der Waals surface area contributed by atoms with Gasteiger partial charge in [0.1, 0.15) is 17.5 Å². The fraction of sp³-hybridized carbons (Fsp3) is 0.440. The first-order valence-corrected chi connectivity index (χ1v) is 10.6. The third kappa shape index (κ3) is 7.31. The van der Waals surface area contributed by atoms with Gasteiger partial charge in [-0.1, -0.05) is 38.1 Å². The first-order chi connectivity index (χ1) is 14.7. The number of ether oxygens (including phenoxy) is 2. The van der Waals surface area contributed by atoms with Crippen LogP contribution in [0.2, 0.25) is 0 Å². The summed E-state index contributed by atoms with van der Waals surface area (Å²) < 4.78 is 11.1. The summed E-state index contributed by atoms with van der Waals surface area (Å²) in [5.41, 5.74) is 2.89. The highest BCUT2D eigenvalue weighted by atomic mass is 16.5. The number of methoxy groups -OCH3 is 1. The van der Waals surface area contributed by atoms with Crippen molar-refractivity contribution in [3.63, 3.8) is 0 Å². The summed E-state index contributed by atoms with van der Waals surface area (Å²) in [5.74, 6) is 1.26. The molecular formula is C25H34N2O4. The van der Waals surface area contributed by atoms with Gasteiger partial charge in [0.05, 0.1) is 7.11 Å². The predicted octanol–water partition coefficient (Wildman–Crippen LogP) is 3.88.